The molecule has 0 amide bonds. The van der Waals surface area contributed by atoms with Crippen LogP contribution in [0.4, 0.5) is 19.1 Å². The van der Waals surface area contributed by atoms with Crippen LogP contribution >= 0.6 is 0 Å². The van der Waals surface area contributed by atoms with E-state index >= 15 is 0 Å². The molecule has 0 spiro atoms. The lowest BCUT2D eigenvalue weighted by Gasteiger charge is -2.25. The van der Waals surface area contributed by atoms with Crippen molar-refractivity contribution < 1.29 is 17.6 Å². The van der Waals surface area contributed by atoms with Gasteiger partial charge in [0, 0.05) is 38.0 Å². The Labute approximate surface area is 179 Å². The van der Waals surface area contributed by atoms with Gasteiger partial charge in [-0.2, -0.15) is 17.7 Å². The third-order valence-corrected chi connectivity index (χ3v) is 5.36. The first-order valence-electron chi connectivity index (χ1n) is 9.90. The van der Waals surface area contributed by atoms with Gasteiger partial charge in [-0.25, -0.2) is 19.6 Å². The lowest BCUT2D eigenvalue weighted by Crippen LogP contribution is -2.33. The van der Waals surface area contributed by atoms with Crippen LogP contribution in [0.3, 0.4) is 0 Å². The molecular weight excluding hydrogens is 429 g/mol. The Kier molecular flexibility index (Phi) is 4.80. The Balaban J connectivity index is 1.30. The number of oxazole rings is 1. The molecule has 0 atom stereocenters. The minimum Gasteiger partial charge on any atom is -0.443 e. The molecular formula is C18H19F3N10O. The summed E-state index contributed by atoms with van der Waals surface area (Å²) in [6.45, 7) is 2.36. The molecule has 0 saturated carbocycles. The summed E-state index contributed by atoms with van der Waals surface area (Å²) < 4.78 is 45.8. The van der Waals surface area contributed by atoms with Crippen LogP contribution in [-0.4, -0.2) is 63.7 Å². The summed E-state index contributed by atoms with van der Waals surface area (Å²) in [5.41, 5.74) is 8.98. The summed E-state index contributed by atoms with van der Waals surface area (Å²) >= 11 is 0. The van der Waals surface area contributed by atoms with Gasteiger partial charge in [0.1, 0.15) is 18.5 Å². The molecule has 14 heteroatoms. The number of nitrogens with two attached hydrogens (primary N) is 1. The predicted octanol–water partition coefficient (Wildman–Crippen LogP) is 1.42. The highest BCUT2D eigenvalue weighted by Gasteiger charge is 2.32. The van der Waals surface area contributed by atoms with Crippen LogP contribution in [0.2, 0.25) is 0 Å². The van der Waals surface area contributed by atoms with Crippen molar-refractivity contribution in [2.45, 2.75) is 39.0 Å². The normalized spacial score (nSPS) is 14.9. The van der Waals surface area contributed by atoms with E-state index in [0.29, 0.717) is 66.9 Å². The Morgan fingerprint density at radius 2 is 2.09 bits per heavy atom. The van der Waals surface area contributed by atoms with E-state index in [2.05, 4.69) is 35.3 Å². The van der Waals surface area contributed by atoms with Crippen molar-refractivity contribution in [2.24, 2.45) is 0 Å². The van der Waals surface area contributed by atoms with E-state index in [1.165, 1.54) is 17.0 Å². The molecule has 2 N–H and O–H groups in total. The SMILES string of the molecule is Cc1c(-c2ncco2)nc(N)n2nc(CCN3CCc4c(nnn4CC(F)(F)F)C3)nc12. The summed E-state index contributed by atoms with van der Waals surface area (Å²) in [5, 5.41) is 12.1. The molecule has 4 aromatic rings. The maximum atomic E-state index is 12.7. The van der Waals surface area contributed by atoms with Crippen LogP contribution in [0.1, 0.15) is 22.8 Å². The van der Waals surface area contributed by atoms with Crippen LogP contribution in [0.15, 0.2) is 16.9 Å². The highest BCUT2D eigenvalue weighted by molar-refractivity contribution is 5.65. The van der Waals surface area contributed by atoms with Gasteiger partial charge in [0.2, 0.25) is 11.8 Å². The zero-order chi connectivity index (χ0) is 22.5. The van der Waals surface area contributed by atoms with Gasteiger partial charge in [0.15, 0.2) is 11.5 Å². The number of alkyl halides is 3. The molecule has 1 aliphatic heterocycles. The number of halogens is 3. The largest absolute Gasteiger partial charge is 0.443 e. The molecule has 0 unspecified atom stereocenters. The summed E-state index contributed by atoms with van der Waals surface area (Å²) in [7, 11) is 0. The maximum Gasteiger partial charge on any atom is 0.408 e. The van der Waals surface area contributed by atoms with Crippen molar-refractivity contribution in [1.29, 1.82) is 0 Å². The van der Waals surface area contributed by atoms with Crippen LogP contribution in [0.5, 0.6) is 0 Å². The van der Waals surface area contributed by atoms with E-state index in [1.54, 1.807) is 0 Å². The molecule has 1 aliphatic rings. The summed E-state index contributed by atoms with van der Waals surface area (Å²) in [6, 6.07) is 0. The van der Waals surface area contributed by atoms with E-state index in [1.807, 2.05) is 6.92 Å². The first kappa shape index (κ1) is 20.4. The highest BCUT2D eigenvalue weighted by Crippen LogP contribution is 2.25. The molecule has 0 aromatic carbocycles. The average Bonchev–Trinajstić information content (AvgIpc) is 3.48. The van der Waals surface area contributed by atoms with Gasteiger partial charge in [-0.15, -0.1) is 10.2 Å². The first-order valence-corrected chi connectivity index (χ1v) is 9.90. The molecule has 0 saturated heterocycles. The third-order valence-electron chi connectivity index (χ3n) is 5.36. The number of rotatable bonds is 5. The van der Waals surface area contributed by atoms with Gasteiger partial charge in [-0.1, -0.05) is 5.21 Å². The topological polar surface area (TPSA) is 129 Å². The molecule has 0 aliphatic carbocycles. The van der Waals surface area contributed by atoms with Gasteiger partial charge in [0.05, 0.1) is 17.6 Å². The van der Waals surface area contributed by atoms with Crippen molar-refractivity contribution >= 4 is 11.6 Å². The van der Waals surface area contributed by atoms with E-state index in [9.17, 15) is 13.2 Å². The predicted molar refractivity (Wildman–Crippen MR) is 104 cm³/mol. The molecule has 0 radical (unpaired) electrons. The average molecular weight is 448 g/mol. The van der Waals surface area contributed by atoms with E-state index in [0.717, 1.165) is 10.2 Å². The summed E-state index contributed by atoms with van der Waals surface area (Å²) in [6.07, 6.45) is -0.363. The van der Waals surface area contributed by atoms with Crippen molar-refractivity contribution in [3.05, 3.63) is 35.2 Å². The second-order valence-electron chi connectivity index (χ2n) is 7.58. The Morgan fingerprint density at radius 3 is 2.84 bits per heavy atom. The van der Waals surface area contributed by atoms with Gasteiger partial charge in [0.25, 0.3) is 0 Å². The number of hydrogen-bond donors (Lipinski definition) is 1. The van der Waals surface area contributed by atoms with Crippen LogP contribution < -0.4 is 5.73 Å². The fraction of sp³-hybridized carbons (Fsp3) is 0.444. The smallest absolute Gasteiger partial charge is 0.408 e. The molecule has 168 valence electrons. The molecule has 11 nitrogen and oxygen atoms in total. The number of nitrogen functional groups attached to an aromatic ring is 1. The Morgan fingerprint density at radius 1 is 1.25 bits per heavy atom. The lowest BCUT2D eigenvalue weighted by atomic mass is 10.1. The third kappa shape index (κ3) is 3.77. The number of fused-ring (bicyclic) bond motifs is 2. The number of nitrogens with zero attached hydrogens (tertiary/aromatic N) is 9. The van der Waals surface area contributed by atoms with Crippen LogP contribution in [0, 0.1) is 6.92 Å². The van der Waals surface area contributed by atoms with E-state index < -0.39 is 12.7 Å². The zero-order valence-electron chi connectivity index (χ0n) is 17.0. The van der Waals surface area contributed by atoms with Gasteiger partial charge in [-0.05, 0) is 6.92 Å². The monoisotopic (exact) mass is 448 g/mol. The van der Waals surface area contributed by atoms with Crippen LogP contribution in [-0.2, 0) is 25.9 Å². The molecule has 5 heterocycles. The molecule has 4 aromatic heterocycles. The Bertz CT molecular complexity index is 1260. The van der Waals surface area contributed by atoms with E-state index in [-0.39, 0.29) is 5.95 Å². The minimum atomic E-state index is -4.32. The lowest BCUT2D eigenvalue weighted by molar-refractivity contribution is -0.143. The second kappa shape index (κ2) is 7.55. The number of anilines is 1. The fourth-order valence-electron chi connectivity index (χ4n) is 3.83. The van der Waals surface area contributed by atoms with E-state index in [4.69, 9.17) is 10.2 Å². The van der Waals surface area contributed by atoms with Gasteiger partial charge < -0.3 is 10.2 Å². The van der Waals surface area contributed by atoms with Crippen molar-refractivity contribution in [3.63, 3.8) is 0 Å². The highest BCUT2D eigenvalue weighted by atomic mass is 19.4. The number of hydrogen-bond acceptors (Lipinski definition) is 9. The van der Waals surface area contributed by atoms with Crippen LogP contribution in [0.25, 0.3) is 17.2 Å². The maximum absolute atomic E-state index is 12.7. The second-order valence-corrected chi connectivity index (χ2v) is 7.58. The standard InChI is InChI=1S/C18H19F3N10O/c1-10-14(16-23-4-7-32-16)25-17(22)31-15(10)24-13(27-31)3-6-29-5-2-12-11(8-29)26-28-30(12)9-18(19,20)21/h4,7H,2-3,5-6,8-9H2,1H3,(H2,22,25). The summed E-state index contributed by atoms with van der Waals surface area (Å²) in [5.74, 6) is 1.10. The zero-order valence-corrected chi connectivity index (χ0v) is 17.0. The fourth-order valence-corrected chi connectivity index (χ4v) is 3.83. The quantitative estimate of drug-likeness (QED) is 0.482. The van der Waals surface area contributed by atoms with Gasteiger partial charge in [-0.3, -0.25) is 4.90 Å². The molecule has 0 fully saturated rings. The minimum absolute atomic E-state index is 0.168. The van der Waals surface area contributed by atoms with Gasteiger partial charge >= 0.3 is 6.18 Å². The Hall–Kier alpha value is -3.55. The number of aryl methyl sites for hydroxylation is 1. The summed E-state index contributed by atoms with van der Waals surface area (Å²) in [4.78, 5) is 15.1. The van der Waals surface area contributed by atoms with Crippen molar-refractivity contribution in [3.8, 4) is 11.6 Å². The number of aromatic nitrogens is 8. The molecule has 0 bridgehead atoms. The first-order chi connectivity index (χ1) is 15.3. The van der Waals surface area contributed by atoms with Crippen molar-refractivity contribution in [2.75, 3.05) is 18.8 Å². The van der Waals surface area contributed by atoms with Crippen molar-refractivity contribution in [1.82, 2.24) is 44.5 Å². The molecule has 5 rings (SSSR count). The molecule has 32 heavy (non-hydrogen) atoms.